The minimum absolute atomic E-state index is 0.169. The molecule has 18 heavy (non-hydrogen) atoms. The third-order valence-electron chi connectivity index (χ3n) is 3.83. The summed E-state index contributed by atoms with van der Waals surface area (Å²) in [5.41, 5.74) is 0. The molecular formula is C12H20O6. The number of hydrogen-bond acceptors (Lipinski definition) is 6. The summed E-state index contributed by atoms with van der Waals surface area (Å²) in [5.74, 6) is 0. The standard InChI is InChI=1S/C12H20O6/c1-7-11-8(2)14-16-10-6-4-3-5-9(15-13-7)12(10)18-17-11/h7-12H,3-6H2,1-2H3. The van der Waals surface area contributed by atoms with Gasteiger partial charge in [0.2, 0.25) is 0 Å². The largest absolute Gasteiger partial charge is 0.230 e. The zero-order valence-corrected chi connectivity index (χ0v) is 10.7. The first-order valence-electron chi connectivity index (χ1n) is 6.72. The smallest absolute Gasteiger partial charge is 0.151 e. The van der Waals surface area contributed by atoms with Crippen LogP contribution in [0.25, 0.3) is 0 Å². The zero-order valence-electron chi connectivity index (χ0n) is 10.7. The van der Waals surface area contributed by atoms with Crippen LogP contribution in [0.2, 0.25) is 0 Å². The third-order valence-corrected chi connectivity index (χ3v) is 3.83. The van der Waals surface area contributed by atoms with Gasteiger partial charge in [0.15, 0.2) is 12.2 Å². The van der Waals surface area contributed by atoms with Gasteiger partial charge < -0.3 is 0 Å². The van der Waals surface area contributed by atoms with E-state index in [1.54, 1.807) is 0 Å². The summed E-state index contributed by atoms with van der Waals surface area (Å²) in [7, 11) is 0. The molecule has 0 amide bonds. The van der Waals surface area contributed by atoms with Gasteiger partial charge in [-0.05, 0) is 26.7 Å². The maximum atomic E-state index is 5.56. The van der Waals surface area contributed by atoms with Gasteiger partial charge in [-0.3, -0.25) is 0 Å². The predicted molar refractivity (Wildman–Crippen MR) is 59.1 cm³/mol. The molecule has 0 aromatic carbocycles. The molecular weight excluding hydrogens is 240 g/mol. The van der Waals surface area contributed by atoms with Crippen molar-refractivity contribution < 1.29 is 29.3 Å². The Kier molecular flexibility index (Phi) is 3.83. The predicted octanol–water partition coefficient (Wildman–Crippen LogP) is 1.68. The second kappa shape index (κ2) is 5.40. The van der Waals surface area contributed by atoms with Crippen LogP contribution in [0.4, 0.5) is 0 Å². The first-order valence-corrected chi connectivity index (χ1v) is 6.72. The Morgan fingerprint density at radius 3 is 1.67 bits per heavy atom. The fourth-order valence-corrected chi connectivity index (χ4v) is 2.68. The highest BCUT2D eigenvalue weighted by Crippen LogP contribution is 2.32. The van der Waals surface area contributed by atoms with E-state index in [0.717, 1.165) is 25.7 Å². The Morgan fingerprint density at radius 1 is 0.611 bits per heavy atom. The van der Waals surface area contributed by atoms with E-state index in [0.29, 0.717) is 0 Å². The monoisotopic (exact) mass is 260 g/mol. The average Bonchev–Trinajstić information content (AvgIpc) is 2.51. The summed E-state index contributed by atoms with van der Waals surface area (Å²) < 4.78 is 0. The zero-order chi connectivity index (χ0) is 12.5. The summed E-state index contributed by atoms with van der Waals surface area (Å²) >= 11 is 0. The molecule has 2 heterocycles. The van der Waals surface area contributed by atoms with Crippen LogP contribution in [0.5, 0.6) is 0 Å². The minimum atomic E-state index is -0.366. The molecule has 0 aromatic heterocycles. The molecule has 4 atom stereocenters. The van der Waals surface area contributed by atoms with Crippen molar-refractivity contribution in [3.8, 4) is 0 Å². The van der Waals surface area contributed by atoms with Crippen molar-refractivity contribution in [3.05, 3.63) is 0 Å². The number of fused-ring (bicyclic) bond motifs is 2. The Labute approximate surface area is 106 Å². The van der Waals surface area contributed by atoms with Crippen molar-refractivity contribution in [3.63, 3.8) is 0 Å². The Morgan fingerprint density at radius 2 is 1.11 bits per heavy atom. The van der Waals surface area contributed by atoms with Gasteiger partial charge in [-0.25, -0.2) is 29.3 Å². The summed E-state index contributed by atoms with van der Waals surface area (Å²) in [4.78, 5) is 33.0. The molecule has 1 aliphatic carbocycles. The maximum absolute atomic E-state index is 5.56. The van der Waals surface area contributed by atoms with E-state index in [1.807, 2.05) is 13.8 Å². The molecule has 0 radical (unpaired) electrons. The van der Waals surface area contributed by atoms with E-state index < -0.39 is 0 Å². The molecule has 0 spiro atoms. The highest BCUT2D eigenvalue weighted by Gasteiger charge is 2.44. The van der Waals surface area contributed by atoms with Gasteiger partial charge >= 0.3 is 0 Å². The van der Waals surface area contributed by atoms with Crippen molar-refractivity contribution in [2.75, 3.05) is 0 Å². The molecule has 1 saturated carbocycles. The van der Waals surface area contributed by atoms with Gasteiger partial charge in [-0.2, -0.15) is 0 Å². The van der Waals surface area contributed by atoms with Gasteiger partial charge in [0.1, 0.15) is 24.4 Å². The Balaban J connectivity index is 1.84. The van der Waals surface area contributed by atoms with Crippen LogP contribution in [-0.4, -0.2) is 36.6 Å². The molecule has 6 nitrogen and oxygen atoms in total. The molecule has 0 N–H and O–H groups in total. The van der Waals surface area contributed by atoms with Crippen LogP contribution in [-0.2, 0) is 29.3 Å². The van der Waals surface area contributed by atoms with Gasteiger partial charge in [0.05, 0.1) is 0 Å². The molecule has 3 aliphatic rings. The van der Waals surface area contributed by atoms with E-state index in [1.165, 1.54) is 0 Å². The molecule has 2 bridgehead atoms. The van der Waals surface area contributed by atoms with E-state index >= 15 is 0 Å². The fraction of sp³-hybridized carbons (Fsp3) is 1.00. The van der Waals surface area contributed by atoms with E-state index in [2.05, 4.69) is 0 Å². The highest BCUT2D eigenvalue weighted by atomic mass is 17.3. The topological polar surface area (TPSA) is 55.4 Å². The molecule has 104 valence electrons. The van der Waals surface area contributed by atoms with Crippen LogP contribution < -0.4 is 0 Å². The van der Waals surface area contributed by atoms with Crippen molar-refractivity contribution in [1.82, 2.24) is 0 Å². The molecule has 3 rings (SSSR count). The highest BCUT2D eigenvalue weighted by molar-refractivity contribution is 4.84. The first-order chi connectivity index (χ1) is 8.75. The van der Waals surface area contributed by atoms with Gasteiger partial charge in [0.25, 0.3) is 0 Å². The lowest BCUT2D eigenvalue weighted by molar-refractivity contribution is -0.519. The molecule has 4 unspecified atom stereocenters. The Bertz CT molecular complexity index is 262. The third kappa shape index (κ3) is 2.41. The van der Waals surface area contributed by atoms with Crippen molar-refractivity contribution in [1.29, 1.82) is 0 Å². The summed E-state index contributed by atoms with van der Waals surface area (Å²) in [6, 6.07) is 0. The fourth-order valence-electron chi connectivity index (χ4n) is 2.68. The molecule has 0 aromatic rings. The quantitative estimate of drug-likeness (QED) is 0.618. The van der Waals surface area contributed by atoms with Crippen LogP contribution >= 0.6 is 0 Å². The minimum Gasteiger partial charge on any atom is -0.230 e. The van der Waals surface area contributed by atoms with Crippen LogP contribution in [0.15, 0.2) is 0 Å². The summed E-state index contributed by atoms with van der Waals surface area (Å²) in [5, 5.41) is 0. The van der Waals surface area contributed by atoms with E-state index in [4.69, 9.17) is 29.3 Å². The van der Waals surface area contributed by atoms with E-state index in [-0.39, 0.29) is 36.6 Å². The molecule has 3 fully saturated rings. The first kappa shape index (κ1) is 12.8. The maximum Gasteiger partial charge on any atom is 0.151 e. The van der Waals surface area contributed by atoms with Crippen LogP contribution in [0, 0.1) is 0 Å². The Hall–Kier alpha value is -0.240. The van der Waals surface area contributed by atoms with Crippen LogP contribution in [0.3, 0.4) is 0 Å². The van der Waals surface area contributed by atoms with Crippen molar-refractivity contribution in [2.45, 2.75) is 76.2 Å². The van der Waals surface area contributed by atoms with Crippen LogP contribution in [0.1, 0.15) is 39.5 Å². The second-order valence-corrected chi connectivity index (χ2v) is 5.28. The summed E-state index contributed by atoms with van der Waals surface area (Å²) in [6.45, 7) is 3.73. The SMILES string of the molecule is CC1OOC2CCCCC3OOC(C)C1OOC23. The van der Waals surface area contributed by atoms with Gasteiger partial charge in [-0.1, -0.05) is 12.8 Å². The lowest BCUT2D eigenvalue weighted by Gasteiger charge is -2.39. The second-order valence-electron chi connectivity index (χ2n) is 5.28. The molecule has 2 saturated heterocycles. The lowest BCUT2D eigenvalue weighted by atomic mass is 10.1. The average molecular weight is 260 g/mol. The van der Waals surface area contributed by atoms with Gasteiger partial charge in [-0.15, -0.1) is 0 Å². The summed E-state index contributed by atoms with van der Waals surface area (Å²) in [6.07, 6.45) is 2.32. The number of rotatable bonds is 0. The number of hydrogen-bond donors (Lipinski definition) is 0. The van der Waals surface area contributed by atoms with Crippen molar-refractivity contribution >= 4 is 0 Å². The molecule has 2 aliphatic heterocycles. The van der Waals surface area contributed by atoms with E-state index in [9.17, 15) is 0 Å². The normalized spacial score (nSPS) is 49.7. The lowest BCUT2D eigenvalue weighted by Crippen LogP contribution is -2.52. The molecule has 6 heteroatoms. The van der Waals surface area contributed by atoms with Crippen molar-refractivity contribution in [2.24, 2.45) is 0 Å². The van der Waals surface area contributed by atoms with Gasteiger partial charge in [0, 0.05) is 0 Å².